The highest BCUT2D eigenvalue weighted by molar-refractivity contribution is 4.73. The van der Waals surface area contributed by atoms with Crippen LogP contribution in [0.5, 0.6) is 0 Å². The fraction of sp³-hybridized carbons (Fsp3) is 0.385. The maximum Gasteiger partial charge on any atom is 0.165 e. The lowest BCUT2D eigenvalue weighted by Crippen LogP contribution is -2.55. The Labute approximate surface area is 126 Å². The second kappa shape index (κ2) is 8.05. The van der Waals surface area contributed by atoms with Crippen LogP contribution in [0.4, 0.5) is 0 Å². The highest BCUT2D eigenvalue weighted by Crippen LogP contribution is 2.19. The Kier molecular flexibility index (Phi) is 7.47. The van der Waals surface area contributed by atoms with Gasteiger partial charge in [-0.25, -0.2) is 5.06 Å². The van der Waals surface area contributed by atoms with Crippen LogP contribution < -0.4 is 0 Å². The topological polar surface area (TPSA) is 54.4 Å². The van der Waals surface area contributed by atoms with E-state index in [-0.39, 0.29) is 0 Å². The van der Waals surface area contributed by atoms with E-state index in [9.17, 15) is 5.11 Å². The van der Waals surface area contributed by atoms with E-state index >= 15 is 0 Å². The highest BCUT2D eigenvalue weighted by atomic mass is 17.2. The van der Waals surface area contributed by atoms with Crippen molar-refractivity contribution >= 4 is 0 Å². The molecule has 0 spiro atoms. The third kappa shape index (κ3) is 6.19. The van der Waals surface area contributed by atoms with E-state index in [1.54, 1.807) is 21.1 Å². The number of nitrogens with zero attached hydrogens (tertiary/aromatic N) is 4. The summed E-state index contributed by atoms with van der Waals surface area (Å²) in [6.07, 6.45) is 4.51. The van der Waals surface area contributed by atoms with E-state index in [1.165, 1.54) is 36.8 Å². The van der Waals surface area contributed by atoms with Crippen molar-refractivity contribution in [3.8, 4) is 0 Å². The standard InChI is InChI=1S/C13H26N4O4/c1-9-13(18)15(6)20-17(8,12-4)21-16(7,11-3)19-14(5)10-2/h9-13,18H,1-4H2,5-8H3/q+2/t13-,16?,17?/m1/s1. The Bertz CT molecular complexity index is 392. The number of aliphatic hydroxyl groups excluding tert-OH is 1. The lowest BCUT2D eigenvalue weighted by molar-refractivity contribution is -1.44. The van der Waals surface area contributed by atoms with E-state index in [2.05, 4.69) is 26.3 Å². The van der Waals surface area contributed by atoms with Crippen molar-refractivity contribution in [2.75, 3.05) is 28.2 Å². The van der Waals surface area contributed by atoms with Gasteiger partial charge in [-0.05, 0) is 24.2 Å². The molecular weight excluding hydrogens is 276 g/mol. The minimum absolute atomic E-state index is 0.497. The zero-order chi connectivity index (χ0) is 16.7. The molecule has 0 aliphatic rings. The predicted octanol–water partition coefficient (Wildman–Crippen LogP) is 1.22. The van der Waals surface area contributed by atoms with Gasteiger partial charge < -0.3 is 5.11 Å². The minimum atomic E-state index is -1.01. The fourth-order valence-electron chi connectivity index (χ4n) is 1.23. The Morgan fingerprint density at radius 3 is 1.86 bits per heavy atom. The third-order valence-corrected chi connectivity index (χ3v) is 2.41. The quantitative estimate of drug-likeness (QED) is 0.268. The van der Waals surface area contributed by atoms with Crippen LogP contribution in [0.25, 0.3) is 0 Å². The van der Waals surface area contributed by atoms with Gasteiger partial charge in [-0.3, -0.25) is 0 Å². The summed E-state index contributed by atoms with van der Waals surface area (Å²) in [4.78, 5) is 15.6. The molecular formula is C13H26N4O4+2. The molecule has 3 atom stereocenters. The van der Waals surface area contributed by atoms with Crippen LogP contribution >= 0.6 is 0 Å². The van der Waals surface area contributed by atoms with E-state index in [1.807, 2.05) is 0 Å². The highest BCUT2D eigenvalue weighted by Gasteiger charge is 2.42. The second-order valence-electron chi connectivity index (χ2n) is 4.35. The van der Waals surface area contributed by atoms with Crippen molar-refractivity contribution in [1.29, 1.82) is 0 Å². The number of likely N-dealkylation sites (N-methyl/N-ethyl adjacent to an activating group) is 1. The fourth-order valence-corrected chi connectivity index (χ4v) is 1.23. The molecule has 0 saturated heterocycles. The molecule has 0 aromatic carbocycles. The minimum Gasteiger partial charge on any atom is -0.372 e. The van der Waals surface area contributed by atoms with E-state index in [0.717, 1.165) is 5.06 Å². The predicted molar refractivity (Wildman–Crippen MR) is 77.9 cm³/mol. The molecule has 8 nitrogen and oxygen atoms in total. The molecule has 0 aliphatic carbocycles. The largest absolute Gasteiger partial charge is 0.372 e. The van der Waals surface area contributed by atoms with Gasteiger partial charge in [0.1, 0.15) is 14.1 Å². The van der Waals surface area contributed by atoms with Gasteiger partial charge in [0, 0.05) is 20.3 Å². The average molecular weight is 302 g/mol. The number of rotatable bonds is 11. The zero-order valence-corrected chi connectivity index (χ0v) is 13.2. The molecule has 0 saturated carbocycles. The SMILES string of the molecule is C=C[C@@H](O)N(C)O[N+](C)(C=C)O[N+](C)(C=C)ON(C)C=C. The molecule has 0 radical (unpaired) electrons. The molecule has 0 fully saturated rings. The summed E-state index contributed by atoms with van der Waals surface area (Å²) in [5.74, 6) is 0. The van der Waals surface area contributed by atoms with Crippen LogP contribution in [-0.2, 0) is 14.8 Å². The van der Waals surface area contributed by atoms with Gasteiger partial charge in [0.2, 0.25) is 0 Å². The van der Waals surface area contributed by atoms with Gasteiger partial charge in [0.05, 0.1) is 14.6 Å². The smallest absolute Gasteiger partial charge is 0.165 e. The normalized spacial score (nSPS) is 18.2. The van der Waals surface area contributed by atoms with Gasteiger partial charge in [-0.2, -0.15) is 0 Å². The zero-order valence-electron chi connectivity index (χ0n) is 13.2. The average Bonchev–Trinajstić information content (AvgIpc) is 2.45. The summed E-state index contributed by atoms with van der Waals surface area (Å²) in [5, 5.41) is 12.1. The van der Waals surface area contributed by atoms with E-state index in [0.29, 0.717) is 0 Å². The van der Waals surface area contributed by atoms with Crippen LogP contribution in [0, 0.1) is 0 Å². The van der Waals surface area contributed by atoms with Gasteiger partial charge in [0.15, 0.2) is 18.6 Å². The molecule has 120 valence electrons. The van der Waals surface area contributed by atoms with Crippen LogP contribution in [0.15, 0.2) is 51.0 Å². The van der Waals surface area contributed by atoms with Crippen molar-refractivity contribution in [2.24, 2.45) is 0 Å². The van der Waals surface area contributed by atoms with Gasteiger partial charge in [0.25, 0.3) is 0 Å². The molecule has 0 aliphatic heterocycles. The van der Waals surface area contributed by atoms with Crippen molar-refractivity contribution < 1.29 is 29.5 Å². The Morgan fingerprint density at radius 1 is 1.00 bits per heavy atom. The first kappa shape index (κ1) is 19.5. The van der Waals surface area contributed by atoms with Crippen molar-refractivity contribution in [3.63, 3.8) is 0 Å². The summed E-state index contributed by atoms with van der Waals surface area (Å²) < 4.78 is 0. The molecule has 0 amide bonds. The molecule has 0 aromatic heterocycles. The van der Waals surface area contributed by atoms with Gasteiger partial charge >= 0.3 is 0 Å². The molecule has 0 bridgehead atoms. The maximum absolute atomic E-state index is 9.63. The first-order chi connectivity index (χ1) is 9.65. The van der Waals surface area contributed by atoms with E-state index in [4.69, 9.17) is 14.8 Å². The lowest BCUT2D eigenvalue weighted by atomic mass is 10.5. The summed E-state index contributed by atoms with van der Waals surface area (Å²) in [5.41, 5.74) is 0. The monoisotopic (exact) mass is 302 g/mol. The summed E-state index contributed by atoms with van der Waals surface area (Å²) in [7, 11) is 6.30. The van der Waals surface area contributed by atoms with Gasteiger partial charge in [-0.1, -0.05) is 18.1 Å². The number of aliphatic hydroxyl groups is 1. The van der Waals surface area contributed by atoms with Crippen molar-refractivity contribution in [2.45, 2.75) is 6.23 Å². The molecule has 1 N–H and O–H groups in total. The Morgan fingerprint density at radius 2 is 1.48 bits per heavy atom. The summed E-state index contributed by atoms with van der Waals surface area (Å²) >= 11 is 0. The second-order valence-corrected chi connectivity index (χ2v) is 4.35. The molecule has 8 heteroatoms. The lowest BCUT2D eigenvalue weighted by Gasteiger charge is -2.32. The number of quaternary nitrogens is 2. The van der Waals surface area contributed by atoms with Crippen LogP contribution in [-0.4, -0.2) is 59.3 Å². The van der Waals surface area contributed by atoms with Crippen LogP contribution in [0.2, 0.25) is 0 Å². The Balaban J connectivity index is 5.06. The van der Waals surface area contributed by atoms with Crippen LogP contribution in [0.3, 0.4) is 0 Å². The Hall–Kier alpha value is -1.52. The summed E-state index contributed by atoms with van der Waals surface area (Å²) in [6, 6.07) is 0. The van der Waals surface area contributed by atoms with Crippen molar-refractivity contribution in [3.05, 3.63) is 51.0 Å². The number of hydrogen-bond donors (Lipinski definition) is 1. The van der Waals surface area contributed by atoms with Gasteiger partial charge in [-0.15, -0.1) is 5.06 Å². The molecule has 0 aromatic rings. The molecule has 0 heterocycles. The first-order valence-corrected chi connectivity index (χ1v) is 6.14. The summed E-state index contributed by atoms with van der Waals surface area (Å²) in [6.45, 7) is 14.3. The number of hydroxylamine groups is 12. The van der Waals surface area contributed by atoms with E-state index < -0.39 is 15.8 Å². The maximum atomic E-state index is 9.63. The molecule has 21 heavy (non-hydrogen) atoms. The number of hydrogen-bond acceptors (Lipinski definition) is 6. The third-order valence-electron chi connectivity index (χ3n) is 2.41. The molecule has 0 rings (SSSR count). The molecule has 2 unspecified atom stereocenters. The van der Waals surface area contributed by atoms with Crippen LogP contribution in [0.1, 0.15) is 0 Å². The first-order valence-electron chi connectivity index (χ1n) is 6.14. The van der Waals surface area contributed by atoms with Crippen molar-refractivity contribution in [1.82, 2.24) is 10.1 Å².